The van der Waals surface area contributed by atoms with Crippen LogP contribution in [0.1, 0.15) is 17.5 Å². The molecule has 0 amide bonds. The summed E-state index contributed by atoms with van der Waals surface area (Å²) in [7, 11) is 0. The first kappa shape index (κ1) is 13.3. The van der Waals surface area contributed by atoms with Crippen LogP contribution in [-0.2, 0) is 12.8 Å². The predicted molar refractivity (Wildman–Crippen MR) is 76.4 cm³/mol. The Hall–Kier alpha value is -1.74. The van der Waals surface area contributed by atoms with Crippen molar-refractivity contribution in [2.45, 2.75) is 19.3 Å². The Labute approximate surface area is 117 Å². The van der Waals surface area contributed by atoms with Gasteiger partial charge in [0.15, 0.2) is 0 Å². The molecule has 0 radical (unpaired) electrons. The Morgan fingerprint density at radius 2 is 1.75 bits per heavy atom. The number of benzene rings is 2. The third-order valence-corrected chi connectivity index (χ3v) is 4.15. The molecule has 0 bridgehead atoms. The van der Waals surface area contributed by atoms with Crippen LogP contribution >= 0.6 is 0 Å². The molecule has 0 saturated carbocycles. The summed E-state index contributed by atoms with van der Waals surface area (Å²) in [5, 5.41) is 0. The highest BCUT2D eigenvalue weighted by Crippen LogP contribution is 2.35. The van der Waals surface area contributed by atoms with Gasteiger partial charge in [-0.3, -0.25) is 0 Å². The van der Waals surface area contributed by atoms with E-state index in [0.29, 0.717) is 18.0 Å². The van der Waals surface area contributed by atoms with Crippen LogP contribution in [0.25, 0.3) is 11.1 Å². The van der Waals surface area contributed by atoms with Crippen LogP contribution in [0.4, 0.5) is 8.78 Å². The number of halogens is 2. The van der Waals surface area contributed by atoms with Crippen LogP contribution in [0.2, 0.25) is 0 Å². The molecule has 1 unspecified atom stereocenters. The Bertz CT molecular complexity index is 617. The standard InChI is InChI=1S/C17H17F2N/c18-15-5-2-6-16(19)17(15)14-4-1-3-12-9-11(10-20)7-8-13(12)14/h1-6,11H,7-10,20H2. The van der Waals surface area contributed by atoms with E-state index in [9.17, 15) is 8.78 Å². The zero-order chi connectivity index (χ0) is 14.1. The molecule has 20 heavy (non-hydrogen) atoms. The molecule has 104 valence electrons. The lowest BCUT2D eigenvalue weighted by Crippen LogP contribution is -2.22. The van der Waals surface area contributed by atoms with Gasteiger partial charge in [0.05, 0.1) is 5.56 Å². The molecule has 0 aromatic heterocycles. The topological polar surface area (TPSA) is 26.0 Å². The summed E-state index contributed by atoms with van der Waals surface area (Å²) in [6, 6.07) is 9.74. The van der Waals surface area contributed by atoms with Crippen molar-refractivity contribution in [2.75, 3.05) is 6.54 Å². The van der Waals surface area contributed by atoms with E-state index in [4.69, 9.17) is 5.73 Å². The van der Waals surface area contributed by atoms with Crippen LogP contribution in [0.3, 0.4) is 0 Å². The summed E-state index contributed by atoms with van der Waals surface area (Å²) in [5.41, 5.74) is 8.76. The quantitative estimate of drug-likeness (QED) is 0.887. The summed E-state index contributed by atoms with van der Waals surface area (Å²) in [6.45, 7) is 0.664. The highest BCUT2D eigenvalue weighted by atomic mass is 19.1. The van der Waals surface area contributed by atoms with Crippen LogP contribution in [0.5, 0.6) is 0 Å². The molecule has 0 aliphatic heterocycles. The molecule has 2 aromatic carbocycles. The lowest BCUT2D eigenvalue weighted by Gasteiger charge is -2.25. The maximum atomic E-state index is 14.0. The van der Waals surface area contributed by atoms with E-state index < -0.39 is 11.6 Å². The molecule has 3 heteroatoms. The molecule has 0 fully saturated rings. The molecule has 3 rings (SSSR count). The van der Waals surface area contributed by atoms with Gasteiger partial charge in [-0.15, -0.1) is 0 Å². The van der Waals surface area contributed by atoms with Gasteiger partial charge in [-0.2, -0.15) is 0 Å². The normalized spacial score (nSPS) is 17.9. The second kappa shape index (κ2) is 5.33. The van der Waals surface area contributed by atoms with E-state index in [1.165, 1.54) is 23.8 Å². The maximum absolute atomic E-state index is 14.0. The van der Waals surface area contributed by atoms with Crippen LogP contribution < -0.4 is 5.73 Å². The number of nitrogens with two attached hydrogens (primary N) is 1. The van der Waals surface area contributed by atoms with Crippen LogP contribution in [0, 0.1) is 17.6 Å². The van der Waals surface area contributed by atoms with Gasteiger partial charge in [-0.1, -0.05) is 24.3 Å². The molecular weight excluding hydrogens is 256 g/mol. The Morgan fingerprint density at radius 3 is 2.45 bits per heavy atom. The van der Waals surface area contributed by atoms with E-state index >= 15 is 0 Å². The van der Waals surface area contributed by atoms with Crippen LogP contribution in [0.15, 0.2) is 36.4 Å². The summed E-state index contributed by atoms with van der Waals surface area (Å²) < 4.78 is 28.0. The third kappa shape index (κ3) is 2.22. The first-order valence-corrected chi connectivity index (χ1v) is 6.96. The Morgan fingerprint density at radius 1 is 1.05 bits per heavy atom. The fraction of sp³-hybridized carbons (Fsp3) is 0.294. The van der Waals surface area contributed by atoms with Crippen molar-refractivity contribution in [3.63, 3.8) is 0 Å². The zero-order valence-corrected chi connectivity index (χ0v) is 11.2. The number of rotatable bonds is 2. The van der Waals surface area contributed by atoms with Gasteiger partial charge < -0.3 is 5.73 Å². The molecule has 1 aliphatic carbocycles. The fourth-order valence-corrected chi connectivity index (χ4v) is 3.07. The molecule has 1 aliphatic rings. The molecular formula is C17H17F2N. The number of hydrogen-bond acceptors (Lipinski definition) is 1. The van der Waals surface area contributed by atoms with Crippen LogP contribution in [-0.4, -0.2) is 6.54 Å². The predicted octanol–water partition coefficient (Wildman–Crippen LogP) is 3.70. The molecule has 1 atom stereocenters. The van der Waals surface area contributed by atoms with Crippen molar-refractivity contribution in [2.24, 2.45) is 11.7 Å². The van der Waals surface area contributed by atoms with Gasteiger partial charge in [0.1, 0.15) is 11.6 Å². The van der Waals surface area contributed by atoms with Gasteiger partial charge >= 0.3 is 0 Å². The fourth-order valence-electron chi connectivity index (χ4n) is 3.07. The van der Waals surface area contributed by atoms with Gasteiger partial charge in [0.25, 0.3) is 0 Å². The van der Waals surface area contributed by atoms with E-state index in [1.54, 1.807) is 0 Å². The SMILES string of the molecule is NCC1CCc2c(cccc2-c2c(F)cccc2F)C1. The first-order chi connectivity index (χ1) is 9.70. The van der Waals surface area contributed by atoms with E-state index in [2.05, 4.69) is 0 Å². The summed E-state index contributed by atoms with van der Waals surface area (Å²) in [6.07, 6.45) is 2.72. The lowest BCUT2D eigenvalue weighted by molar-refractivity contribution is 0.469. The van der Waals surface area contributed by atoms with Crippen molar-refractivity contribution < 1.29 is 8.78 Å². The largest absolute Gasteiger partial charge is 0.330 e. The van der Waals surface area contributed by atoms with Crippen molar-refractivity contribution in [3.8, 4) is 11.1 Å². The minimum absolute atomic E-state index is 0.0931. The van der Waals surface area contributed by atoms with Gasteiger partial charge in [0.2, 0.25) is 0 Å². The van der Waals surface area contributed by atoms with Crippen molar-refractivity contribution in [1.29, 1.82) is 0 Å². The Kier molecular flexibility index (Phi) is 3.53. The van der Waals surface area contributed by atoms with Gasteiger partial charge in [-0.05, 0) is 60.5 Å². The molecule has 0 heterocycles. The van der Waals surface area contributed by atoms with E-state index in [1.807, 2.05) is 18.2 Å². The third-order valence-electron chi connectivity index (χ3n) is 4.15. The van der Waals surface area contributed by atoms with Crippen molar-refractivity contribution >= 4 is 0 Å². The van der Waals surface area contributed by atoms with E-state index in [0.717, 1.165) is 24.8 Å². The first-order valence-electron chi connectivity index (χ1n) is 6.96. The summed E-state index contributed by atoms with van der Waals surface area (Å²) in [4.78, 5) is 0. The average molecular weight is 273 g/mol. The van der Waals surface area contributed by atoms with Gasteiger partial charge in [0, 0.05) is 0 Å². The highest BCUT2D eigenvalue weighted by Gasteiger charge is 2.22. The number of hydrogen-bond donors (Lipinski definition) is 1. The maximum Gasteiger partial charge on any atom is 0.133 e. The molecule has 0 spiro atoms. The van der Waals surface area contributed by atoms with Crippen molar-refractivity contribution in [3.05, 3.63) is 59.2 Å². The average Bonchev–Trinajstić information content (AvgIpc) is 2.46. The second-order valence-electron chi connectivity index (χ2n) is 5.38. The summed E-state index contributed by atoms with van der Waals surface area (Å²) >= 11 is 0. The summed E-state index contributed by atoms with van der Waals surface area (Å²) in [5.74, 6) is -0.526. The molecule has 2 aromatic rings. The lowest BCUT2D eigenvalue weighted by atomic mass is 9.80. The number of fused-ring (bicyclic) bond motifs is 1. The van der Waals surface area contributed by atoms with Crippen molar-refractivity contribution in [1.82, 2.24) is 0 Å². The minimum atomic E-state index is -0.501. The molecule has 2 N–H and O–H groups in total. The second-order valence-corrected chi connectivity index (χ2v) is 5.38. The molecule has 1 nitrogen and oxygen atoms in total. The Balaban J connectivity index is 2.13. The molecule has 0 saturated heterocycles. The highest BCUT2D eigenvalue weighted by molar-refractivity contribution is 5.70. The van der Waals surface area contributed by atoms with Gasteiger partial charge in [-0.25, -0.2) is 8.78 Å². The smallest absolute Gasteiger partial charge is 0.133 e. The minimum Gasteiger partial charge on any atom is -0.330 e. The zero-order valence-electron chi connectivity index (χ0n) is 11.2. The van der Waals surface area contributed by atoms with E-state index in [-0.39, 0.29) is 5.56 Å². The monoisotopic (exact) mass is 273 g/mol.